The maximum absolute atomic E-state index is 3.49. The summed E-state index contributed by atoms with van der Waals surface area (Å²) in [6.07, 6.45) is 1.19. The number of rotatable bonds is 6. The van der Waals surface area contributed by atoms with Crippen LogP contribution in [-0.2, 0) is 0 Å². The van der Waals surface area contributed by atoms with E-state index in [1.54, 1.807) is 0 Å². The van der Waals surface area contributed by atoms with Crippen molar-refractivity contribution in [3.63, 3.8) is 0 Å². The molecule has 1 aromatic carbocycles. The highest BCUT2D eigenvalue weighted by molar-refractivity contribution is 5.37. The van der Waals surface area contributed by atoms with Crippen molar-refractivity contribution >= 4 is 0 Å². The van der Waals surface area contributed by atoms with Crippen molar-refractivity contribution in [2.45, 2.75) is 65.8 Å². The molecule has 0 aromatic heterocycles. The second kappa shape index (κ2) is 7.09. The predicted molar refractivity (Wildman–Crippen MR) is 85.9 cm³/mol. The molecule has 0 bridgehead atoms. The molecule has 108 valence electrons. The number of hydrogen-bond acceptors (Lipinski definition) is 1. The number of nitrogens with one attached hydrogen (secondary N) is 1. The fourth-order valence-corrected chi connectivity index (χ4v) is 2.64. The fourth-order valence-electron chi connectivity index (χ4n) is 2.64. The van der Waals surface area contributed by atoms with Gasteiger partial charge in [-0.1, -0.05) is 59.7 Å². The van der Waals surface area contributed by atoms with Crippen LogP contribution in [0.2, 0.25) is 0 Å². The monoisotopic (exact) mass is 261 g/mol. The lowest BCUT2D eigenvalue weighted by atomic mass is 9.86. The van der Waals surface area contributed by atoms with Crippen molar-refractivity contribution in [3.05, 3.63) is 34.9 Å². The molecule has 0 aliphatic carbocycles. The standard InChI is InChI=1S/C18H31N/c1-12(2)10-18(19-7)16-9-8-15(13(3)4)11-17(16)14(5)6/h8-9,11-14,18-19H,10H2,1-7H3. The van der Waals surface area contributed by atoms with Gasteiger partial charge < -0.3 is 5.32 Å². The Balaban J connectivity index is 3.17. The molecule has 1 heteroatoms. The largest absolute Gasteiger partial charge is 0.313 e. The minimum Gasteiger partial charge on any atom is -0.313 e. The van der Waals surface area contributed by atoms with E-state index in [1.807, 2.05) is 0 Å². The van der Waals surface area contributed by atoms with E-state index in [2.05, 4.69) is 72.1 Å². The zero-order valence-corrected chi connectivity index (χ0v) is 13.7. The Kier molecular flexibility index (Phi) is 6.06. The second-order valence-corrected chi connectivity index (χ2v) is 6.67. The molecular formula is C18H31N. The predicted octanol–water partition coefficient (Wildman–Crippen LogP) is 5.24. The number of benzene rings is 1. The molecule has 0 heterocycles. The molecule has 0 aliphatic heterocycles. The van der Waals surface area contributed by atoms with Gasteiger partial charge in [0.05, 0.1) is 0 Å². The molecular weight excluding hydrogens is 230 g/mol. The Hall–Kier alpha value is -0.820. The molecule has 19 heavy (non-hydrogen) atoms. The first kappa shape index (κ1) is 16.2. The van der Waals surface area contributed by atoms with Crippen LogP contribution in [0.25, 0.3) is 0 Å². The molecule has 0 saturated heterocycles. The summed E-state index contributed by atoms with van der Waals surface area (Å²) in [5.74, 6) is 1.89. The molecule has 0 amide bonds. The highest BCUT2D eigenvalue weighted by Crippen LogP contribution is 2.31. The zero-order valence-electron chi connectivity index (χ0n) is 13.7. The first-order valence-corrected chi connectivity index (χ1v) is 7.67. The Morgan fingerprint density at radius 1 is 0.895 bits per heavy atom. The lowest BCUT2D eigenvalue weighted by molar-refractivity contribution is 0.453. The maximum Gasteiger partial charge on any atom is 0.0322 e. The van der Waals surface area contributed by atoms with E-state index in [9.17, 15) is 0 Å². The van der Waals surface area contributed by atoms with Gasteiger partial charge in [0.15, 0.2) is 0 Å². The van der Waals surface area contributed by atoms with Crippen molar-refractivity contribution in [1.29, 1.82) is 0 Å². The van der Waals surface area contributed by atoms with Crippen LogP contribution in [0.4, 0.5) is 0 Å². The van der Waals surface area contributed by atoms with Crippen LogP contribution in [0, 0.1) is 5.92 Å². The lowest BCUT2D eigenvalue weighted by Crippen LogP contribution is -2.20. The van der Waals surface area contributed by atoms with E-state index in [-0.39, 0.29) is 0 Å². The second-order valence-electron chi connectivity index (χ2n) is 6.67. The van der Waals surface area contributed by atoms with E-state index in [0.717, 1.165) is 0 Å². The van der Waals surface area contributed by atoms with E-state index < -0.39 is 0 Å². The van der Waals surface area contributed by atoms with Crippen molar-refractivity contribution in [1.82, 2.24) is 5.32 Å². The van der Waals surface area contributed by atoms with E-state index >= 15 is 0 Å². The molecule has 0 spiro atoms. The van der Waals surface area contributed by atoms with Gasteiger partial charge in [-0.3, -0.25) is 0 Å². The number of hydrogen-bond donors (Lipinski definition) is 1. The van der Waals surface area contributed by atoms with Crippen LogP contribution >= 0.6 is 0 Å². The van der Waals surface area contributed by atoms with Crippen molar-refractivity contribution in [2.75, 3.05) is 7.05 Å². The average molecular weight is 261 g/mol. The van der Waals surface area contributed by atoms with Gasteiger partial charge in [-0.25, -0.2) is 0 Å². The Labute approximate surface area is 119 Å². The highest BCUT2D eigenvalue weighted by Gasteiger charge is 2.17. The topological polar surface area (TPSA) is 12.0 Å². The van der Waals surface area contributed by atoms with E-state index in [0.29, 0.717) is 23.8 Å². The van der Waals surface area contributed by atoms with E-state index in [4.69, 9.17) is 0 Å². The van der Waals surface area contributed by atoms with Gasteiger partial charge in [0, 0.05) is 6.04 Å². The van der Waals surface area contributed by atoms with Crippen molar-refractivity contribution in [2.24, 2.45) is 5.92 Å². The molecule has 0 aliphatic rings. The molecule has 0 fully saturated rings. The molecule has 1 rings (SSSR count). The summed E-state index contributed by atoms with van der Waals surface area (Å²) in [6.45, 7) is 13.7. The minimum absolute atomic E-state index is 0.471. The van der Waals surface area contributed by atoms with Gasteiger partial charge >= 0.3 is 0 Å². The summed E-state index contributed by atoms with van der Waals surface area (Å²) < 4.78 is 0. The molecule has 1 N–H and O–H groups in total. The summed E-state index contributed by atoms with van der Waals surface area (Å²) in [5.41, 5.74) is 4.44. The van der Waals surface area contributed by atoms with Gasteiger partial charge in [-0.05, 0) is 47.9 Å². The van der Waals surface area contributed by atoms with Crippen molar-refractivity contribution < 1.29 is 0 Å². The molecule has 1 unspecified atom stereocenters. The molecule has 1 nitrogen and oxygen atoms in total. The quantitative estimate of drug-likeness (QED) is 0.738. The third kappa shape index (κ3) is 4.35. The maximum atomic E-state index is 3.49. The van der Waals surface area contributed by atoms with Gasteiger partial charge in [0.25, 0.3) is 0 Å². The van der Waals surface area contributed by atoms with Crippen molar-refractivity contribution in [3.8, 4) is 0 Å². The molecule has 0 radical (unpaired) electrons. The first-order valence-electron chi connectivity index (χ1n) is 7.67. The summed E-state index contributed by atoms with van der Waals surface area (Å²) >= 11 is 0. The normalized spacial score (nSPS) is 13.6. The summed E-state index contributed by atoms with van der Waals surface area (Å²) in [7, 11) is 2.08. The van der Waals surface area contributed by atoms with Crippen LogP contribution in [0.5, 0.6) is 0 Å². The first-order chi connectivity index (χ1) is 8.86. The zero-order chi connectivity index (χ0) is 14.6. The summed E-state index contributed by atoms with van der Waals surface area (Å²) in [4.78, 5) is 0. The Morgan fingerprint density at radius 2 is 1.53 bits per heavy atom. The van der Waals surface area contributed by atoms with Crippen LogP contribution in [0.1, 0.15) is 82.5 Å². The SMILES string of the molecule is CNC(CC(C)C)c1ccc(C(C)C)cc1C(C)C. The minimum atomic E-state index is 0.471. The molecule has 0 saturated carbocycles. The summed E-state index contributed by atoms with van der Waals surface area (Å²) in [6, 6.07) is 7.53. The van der Waals surface area contributed by atoms with Gasteiger partial charge in [0.1, 0.15) is 0 Å². The van der Waals surface area contributed by atoms with Crippen LogP contribution in [0.15, 0.2) is 18.2 Å². The lowest BCUT2D eigenvalue weighted by Gasteiger charge is -2.24. The van der Waals surface area contributed by atoms with Crippen LogP contribution in [0.3, 0.4) is 0 Å². The molecule has 1 atom stereocenters. The smallest absolute Gasteiger partial charge is 0.0322 e. The summed E-state index contributed by atoms with van der Waals surface area (Å²) in [5, 5.41) is 3.49. The van der Waals surface area contributed by atoms with Gasteiger partial charge in [-0.15, -0.1) is 0 Å². The average Bonchev–Trinajstić information content (AvgIpc) is 2.34. The third-order valence-corrected chi connectivity index (χ3v) is 3.83. The molecule has 1 aromatic rings. The fraction of sp³-hybridized carbons (Fsp3) is 0.667. The van der Waals surface area contributed by atoms with Crippen LogP contribution < -0.4 is 5.32 Å². The van der Waals surface area contributed by atoms with Gasteiger partial charge in [-0.2, -0.15) is 0 Å². The Morgan fingerprint density at radius 3 is 1.95 bits per heavy atom. The van der Waals surface area contributed by atoms with Gasteiger partial charge in [0.2, 0.25) is 0 Å². The Bertz CT molecular complexity index is 391. The third-order valence-electron chi connectivity index (χ3n) is 3.83. The highest BCUT2D eigenvalue weighted by atomic mass is 14.9. The van der Waals surface area contributed by atoms with Crippen LogP contribution in [-0.4, -0.2) is 7.05 Å². The van der Waals surface area contributed by atoms with E-state index in [1.165, 1.54) is 23.1 Å².